The number of benzene rings is 2. The van der Waals surface area contributed by atoms with Gasteiger partial charge in [0.1, 0.15) is 11.9 Å². The molecule has 0 aromatic heterocycles. The van der Waals surface area contributed by atoms with Gasteiger partial charge in [0, 0.05) is 0 Å². The van der Waals surface area contributed by atoms with Gasteiger partial charge in [-0.3, -0.25) is 0 Å². The highest BCUT2D eigenvalue weighted by atomic mass is 19.1. The van der Waals surface area contributed by atoms with Gasteiger partial charge in [-0.25, -0.2) is 4.39 Å². The van der Waals surface area contributed by atoms with Gasteiger partial charge in [-0.1, -0.05) is 18.2 Å². The van der Waals surface area contributed by atoms with Crippen LogP contribution in [0.3, 0.4) is 0 Å². The second kappa shape index (κ2) is 4.89. The Balaban J connectivity index is 2.44. The maximum atomic E-state index is 13.7. The number of halogens is 1. The van der Waals surface area contributed by atoms with Crippen molar-refractivity contribution in [1.29, 1.82) is 5.26 Å². The van der Waals surface area contributed by atoms with Gasteiger partial charge in [0.25, 0.3) is 0 Å². The van der Waals surface area contributed by atoms with Crippen molar-refractivity contribution < 1.29 is 4.39 Å². The van der Waals surface area contributed by atoms with Gasteiger partial charge in [-0.15, -0.1) is 0 Å². The summed E-state index contributed by atoms with van der Waals surface area (Å²) in [6.45, 7) is 3.74. The molecular formula is C15H13FN2. The Kier molecular flexibility index (Phi) is 3.29. The summed E-state index contributed by atoms with van der Waals surface area (Å²) in [5, 5.41) is 12.1. The zero-order valence-corrected chi connectivity index (χ0v) is 10.3. The summed E-state index contributed by atoms with van der Waals surface area (Å²) in [5.74, 6) is -0.320. The molecule has 0 atom stereocenters. The van der Waals surface area contributed by atoms with Gasteiger partial charge in [-0.2, -0.15) is 5.26 Å². The van der Waals surface area contributed by atoms with Gasteiger partial charge < -0.3 is 5.32 Å². The molecule has 0 aliphatic heterocycles. The summed E-state index contributed by atoms with van der Waals surface area (Å²) >= 11 is 0. The molecule has 0 amide bonds. The molecule has 0 fully saturated rings. The Morgan fingerprint density at radius 3 is 2.61 bits per heavy atom. The van der Waals surface area contributed by atoms with Crippen LogP contribution in [-0.4, -0.2) is 0 Å². The summed E-state index contributed by atoms with van der Waals surface area (Å²) in [6, 6.07) is 12.5. The number of nitrogens with one attached hydrogen (secondary N) is 1. The lowest BCUT2D eigenvalue weighted by Gasteiger charge is -2.12. The monoisotopic (exact) mass is 240 g/mol. The Hall–Kier alpha value is -2.34. The van der Waals surface area contributed by atoms with E-state index < -0.39 is 0 Å². The fourth-order valence-corrected chi connectivity index (χ4v) is 1.78. The maximum Gasteiger partial charge on any atom is 0.146 e. The molecule has 0 aliphatic rings. The van der Waals surface area contributed by atoms with E-state index >= 15 is 0 Å². The Labute approximate surface area is 106 Å². The standard InChI is InChI=1S/C15H13FN2/c1-10-6-7-14(12(8-10)9-17)18-15-11(2)4-3-5-13(15)16/h3-8,18H,1-2H3. The largest absolute Gasteiger partial charge is 0.352 e. The van der Waals surface area contributed by atoms with E-state index in [1.165, 1.54) is 6.07 Å². The number of anilines is 2. The lowest BCUT2D eigenvalue weighted by Crippen LogP contribution is -1.98. The number of hydrogen-bond donors (Lipinski definition) is 1. The molecule has 2 nitrogen and oxygen atoms in total. The predicted octanol–water partition coefficient (Wildman–Crippen LogP) is 4.06. The summed E-state index contributed by atoms with van der Waals surface area (Å²) in [4.78, 5) is 0. The molecule has 18 heavy (non-hydrogen) atoms. The summed E-state index contributed by atoms with van der Waals surface area (Å²) in [7, 11) is 0. The summed E-state index contributed by atoms with van der Waals surface area (Å²) < 4.78 is 13.7. The second-order valence-corrected chi connectivity index (χ2v) is 4.22. The van der Waals surface area contributed by atoms with Crippen molar-refractivity contribution in [2.75, 3.05) is 5.32 Å². The molecule has 2 aromatic carbocycles. The minimum Gasteiger partial charge on any atom is -0.352 e. The molecule has 0 saturated carbocycles. The number of rotatable bonds is 2. The zero-order valence-electron chi connectivity index (χ0n) is 10.3. The SMILES string of the molecule is Cc1ccc(Nc2c(C)cccc2F)c(C#N)c1. The van der Waals surface area contributed by atoms with Gasteiger partial charge >= 0.3 is 0 Å². The quantitative estimate of drug-likeness (QED) is 0.859. The molecule has 0 heterocycles. The molecule has 0 saturated heterocycles. The number of para-hydroxylation sites is 1. The molecule has 0 radical (unpaired) electrons. The molecule has 3 heteroatoms. The average molecular weight is 240 g/mol. The molecule has 90 valence electrons. The first-order valence-corrected chi connectivity index (χ1v) is 5.64. The van der Waals surface area contributed by atoms with Crippen LogP contribution in [-0.2, 0) is 0 Å². The van der Waals surface area contributed by atoms with Crippen LogP contribution >= 0.6 is 0 Å². The fraction of sp³-hybridized carbons (Fsp3) is 0.133. The molecule has 2 rings (SSSR count). The van der Waals surface area contributed by atoms with Crippen LogP contribution in [0.1, 0.15) is 16.7 Å². The predicted molar refractivity (Wildman–Crippen MR) is 70.3 cm³/mol. The highest BCUT2D eigenvalue weighted by Gasteiger charge is 2.08. The van der Waals surface area contributed by atoms with Gasteiger partial charge in [0.2, 0.25) is 0 Å². The van der Waals surface area contributed by atoms with Gasteiger partial charge in [-0.05, 0) is 43.2 Å². The maximum absolute atomic E-state index is 13.7. The van der Waals surface area contributed by atoms with Crippen molar-refractivity contribution in [3.8, 4) is 6.07 Å². The normalized spacial score (nSPS) is 9.89. The van der Waals surface area contributed by atoms with Crippen molar-refractivity contribution in [1.82, 2.24) is 0 Å². The molecule has 0 unspecified atom stereocenters. The van der Waals surface area contributed by atoms with E-state index in [-0.39, 0.29) is 5.82 Å². The van der Waals surface area contributed by atoms with Crippen molar-refractivity contribution in [2.45, 2.75) is 13.8 Å². The van der Waals surface area contributed by atoms with E-state index in [9.17, 15) is 4.39 Å². The van der Waals surface area contributed by atoms with Crippen LogP contribution < -0.4 is 5.32 Å². The van der Waals surface area contributed by atoms with Crippen LogP contribution in [0.4, 0.5) is 15.8 Å². The third-order valence-electron chi connectivity index (χ3n) is 2.78. The first kappa shape index (κ1) is 12.1. The van der Waals surface area contributed by atoms with E-state index in [1.54, 1.807) is 18.2 Å². The van der Waals surface area contributed by atoms with Crippen molar-refractivity contribution in [3.63, 3.8) is 0 Å². The molecule has 0 bridgehead atoms. The zero-order chi connectivity index (χ0) is 13.1. The van der Waals surface area contributed by atoms with Crippen molar-refractivity contribution >= 4 is 11.4 Å². The Morgan fingerprint density at radius 2 is 1.94 bits per heavy atom. The van der Waals surface area contributed by atoms with Crippen LogP contribution in [0.5, 0.6) is 0 Å². The van der Waals surface area contributed by atoms with Gasteiger partial charge in [0.05, 0.1) is 16.9 Å². The van der Waals surface area contributed by atoms with E-state index in [0.29, 0.717) is 16.9 Å². The van der Waals surface area contributed by atoms with E-state index in [4.69, 9.17) is 5.26 Å². The summed E-state index contributed by atoms with van der Waals surface area (Å²) in [6.07, 6.45) is 0. The van der Waals surface area contributed by atoms with E-state index in [0.717, 1.165) is 11.1 Å². The molecule has 0 spiro atoms. The second-order valence-electron chi connectivity index (χ2n) is 4.22. The molecular weight excluding hydrogens is 227 g/mol. The van der Waals surface area contributed by atoms with Gasteiger partial charge in [0.15, 0.2) is 0 Å². The average Bonchev–Trinajstić information content (AvgIpc) is 2.35. The van der Waals surface area contributed by atoms with E-state index in [1.807, 2.05) is 26.0 Å². The third-order valence-corrected chi connectivity index (χ3v) is 2.78. The number of nitrogens with zero attached hydrogens (tertiary/aromatic N) is 1. The Bertz CT molecular complexity index is 607. The lowest BCUT2D eigenvalue weighted by molar-refractivity contribution is 0.631. The fourth-order valence-electron chi connectivity index (χ4n) is 1.78. The highest BCUT2D eigenvalue weighted by Crippen LogP contribution is 2.26. The highest BCUT2D eigenvalue weighted by molar-refractivity contribution is 5.69. The summed E-state index contributed by atoms with van der Waals surface area (Å²) in [5.41, 5.74) is 3.36. The number of hydrogen-bond acceptors (Lipinski definition) is 2. The third kappa shape index (κ3) is 2.33. The van der Waals surface area contributed by atoms with Crippen LogP contribution in [0, 0.1) is 31.0 Å². The first-order valence-electron chi connectivity index (χ1n) is 5.64. The van der Waals surface area contributed by atoms with Crippen molar-refractivity contribution in [2.24, 2.45) is 0 Å². The number of nitriles is 1. The minimum absolute atomic E-state index is 0.320. The lowest BCUT2D eigenvalue weighted by atomic mass is 10.1. The molecule has 0 aliphatic carbocycles. The topological polar surface area (TPSA) is 35.8 Å². The minimum atomic E-state index is -0.320. The van der Waals surface area contributed by atoms with Crippen LogP contribution in [0.25, 0.3) is 0 Å². The van der Waals surface area contributed by atoms with Crippen LogP contribution in [0.15, 0.2) is 36.4 Å². The first-order chi connectivity index (χ1) is 8.61. The van der Waals surface area contributed by atoms with E-state index in [2.05, 4.69) is 11.4 Å². The number of aryl methyl sites for hydroxylation is 2. The molecule has 1 N–H and O–H groups in total. The molecule has 2 aromatic rings. The van der Waals surface area contributed by atoms with Crippen LogP contribution in [0.2, 0.25) is 0 Å². The smallest absolute Gasteiger partial charge is 0.146 e. The van der Waals surface area contributed by atoms with Crippen molar-refractivity contribution in [3.05, 3.63) is 58.9 Å². The Morgan fingerprint density at radius 1 is 1.17 bits per heavy atom.